The van der Waals surface area contributed by atoms with Crippen LogP contribution in [-0.2, 0) is 10.0 Å². The van der Waals surface area contributed by atoms with Crippen molar-refractivity contribution in [3.63, 3.8) is 0 Å². The SMILES string of the molecule is COc1ccc(NC(=O)c2ccccc2NS(=O)(=O)c2ccc3[nH]c(=O)[nH]c3c2)cc1. The number of para-hydroxylation sites is 1. The molecule has 0 spiro atoms. The summed E-state index contributed by atoms with van der Waals surface area (Å²) in [5, 5.41) is 2.73. The standard InChI is InChI=1S/C21H18N4O5S/c1-30-14-8-6-13(7-9-14)22-20(26)16-4-2-3-5-17(16)25-31(28,29)15-10-11-18-19(12-15)24-21(27)23-18/h2-12,25H,1H3,(H,22,26)(H2,23,24,27). The molecule has 0 atom stereocenters. The van der Waals surface area contributed by atoms with E-state index in [1.165, 1.54) is 30.3 Å². The first-order valence-corrected chi connectivity index (χ1v) is 10.6. The molecule has 1 amide bonds. The Labute approximate surface area is 177 Å². The van der Waals surface area contributed by atoms with Crippen LogP contribution in [0.2, 0.25) is 0 Å². The van der Waals surface area contributed by atoms with Crippen LogP contribution in [0.15, 0.2) is 76.4 Å². The maximum Gasteiger partial charge on any atom is 0.323 e. The van der Waals surface area contributed by atoms with E-state index >= 15 is 0 Å². The first-order chi connectivity index (χ1) is 14.9. The van der Waals surface area contributed by atoms with Gasteiger partial charge in [-0.25, -0.2) is 13.2 Å². The maximum atomic E-state index is 12.9. The number of fused-ring (bicyclic) bond motifs is 1. The first kappa shape index (κ1) is 20.2. The number of carbonyl (C=O) groups excluding carboxylic acids is 1. The van der Waals surface area contributed by atoms with E-state index in [1.54, 1.807) is 43.5 Å². The van der Waals surface area contributed by atoms with E-state index < -0.39 is 21.6 Å². The number of nitrogens with one attached hydrogen (secondary N) is 4. The van der Waals surface area contributed by atoms with E-state index in [1.807, 2.05) is 0 Å². The lowest BCUT2D eigenvalue weighted by Gasteiger charge is -2.13. The van der Waals surface area contributed by atoms with Crippen LogP contribution in [-0.4, -0.2) is 31.4 Å². The van der Waals surface area contributed by atoms with Crippen LogP contribution in [0, 0.1) is 0 Å². The fourth-order valence-electron chi connectivity index (χ4n) is 3.03. The van der Waals surface area contributed by atoms with Gasteiger partial charge in [-0.05, 0) is 54.6 Å². The Morgan fingerprint density at radius 3 is 2.39 bits per heavy atom. The van der Waals surface area contributed by atoms with Gasteiger partial charge in [-0.3, -0.25) is 9.52 Å². The van der Waals surface area contributed by atoms with Crippen LogP contribution in [0.3, 0.4) is 0 Å². The number of benzene rings is 3. The molecule has 0 aliphatic heterocycles. The highest BCUT2D eigenvalue weighted by Crippen LogP contribution is 2.23. The lowest BCUT2D eigenvalue weighted by atomic mass is 10.1. The molecule has 1 heterocycles. The second-order valence-corrected chi connectivity index (χ2v) is 8.30. The molecule has 4 rings (SSSR count). The molecular weight excluding hydrogens is 420 g/mol. The van der Waals surface area contributed by atoms with Crippen molar-refractivity contribution in [1.29, 1.82) is 0 Å². The molecule has 1 aromatic heterocycles. The van der Waals surface area contributed by atoms with Crippen LogP contribution in [0.4, 0.5) is 11.4 Å². The number of ether oxygens (including phenoxy) is 1. The van der Waals surface area contributed by atoms with Crippen molar-refractivity contribution >= 4 is 38.3 Å². The number of anilines is 2. The van der Waals surface area contributed by atoms with Crippen LogP contribution in [0.5, 0.6) is 5.75 Å². The summed E-state index contributed by atoms with van der Waals surface area (Å²) in [5.41, 5.74) is 1.22. The molecule has 0 saturated carbocycles. The van der Waals surface area contributed by atoms with Gasteiger partial charge >= 0.3 is 5.69 Å². The average molecular weight is 438 g/mol. The van der Waals surface area contributed by atoms with Crippen molar-refractivity contribution in [2.45, 2.75) is 4.90 Å². The third kappa shape index (κ3) is 4.28. The molecular formula is C21H18N4O5S. The molecule has 9 nitrogen and oxygen atoms in total. The second kappa shape index (κ2) is 8.00. The summed E-state index contributed by atoms with van der Waals surface area (Å²) in [4.78, 5) is 29.2. The van der Waals surface area contributed by atoms with E-state index in [2.05, 4.69) is 20.0 Å². The van der Waals surface area contributed by atoms with Crippen molar-refractivity contribution in [1.82, 2.24) is 9.97 Å². The molecule has 10 heteroatoms. The molecule has 0 radical (unpaired) electrons. The Kier molecular flexibility index (Phi) is 5.22. The molecule has 4 aromatic rings. The second-order valence-electron chi connectivity index (χ2n) is 6.62. The van der Waals surface area contributed by atoms with Crippen LogP contribution in [0.25, 0.3) is 11.0 Å². The van der Waals surface area contributed by atoms with Gasteiger partial charge in [-0.1, -0.05) is 12.1 Å². The topological polar surface area (TPSA) is 133 Å². The predicted molar refractivity (Wildman–Crippen MR) is 117 cm³/mol. The summed E-state index contributed by atoms with van der Waals surface area (Å²) < 4.78 is 33.3. The van der Waals surface area contributed by atoms with E-state index in [9.17, 15) is 18.0 Å². The fourth-order valence-corrected chi connectivity index (χ4v) is 4.13. The van der Waals surface area contributed by atoms with Gasteiger partial charge in [0.1, 0.15) is 5.75 Å². The quantitative estimate of drug-likeness (QED) is 0.367. The van der Waals surface area contributed by atoms with Gasteiger partial charge in [0.05, 0.1) is 34.3 Å². The van der Waals surface area contributed by atoms with Crippen molar-refractivity contribution < 1.29 is 17.9 Å². The zero-order valence-corrected chi connectivity index (χ0v) is 17.1. The number of methoxy groups -OCH3 is 1. The largest absolute Gasteiger partial charge is 0.497 e. The van der Waals surface area contributed by atoms with Crippen LogP contribution < -0.4 is 20.5 Å². The Hall–Kier alpha value is -4.05. The van der Waals surface area contributed by atoms with Gasteiger partial charge < -0.3 is 20.0 Å². The summed E-state index contributed by atoms with van der Waals surface area (Å²) >= 11 is 0. The molecule has 0 unspecified atom stereocenters. The fraction of sp³-hybridized carbons (Fsp3) is 0.0476. The van der Waals surface area contributed by atoms with Crippen LogP contribution in [0.1, 0.15) is 10.4 Å². The number of hydrogen-bond donors (Lipinski definition) is 4. The molecule has 0 aliphatic rings. The molecule has 3 aromatic carbocycles. The van der Waals surface area contributed by atoms with Crippen LogP contribution >= 0.6 is 0 Å². The minimum atomic E-state index is -4.02. The van der Waals surface area contributed by atoms with E-state index in [0.717, 1.165) is 0 Å². The summed E-state index contributed by atoms with van der Waals surface area (Å²) in [7, 11) is -2.47. The minimum absolute atomic E-state index is 0.0550. The van der Waals surface area contributed by atoms with Crippen molar-refractivity contribution in [3.05, 3.63) is 82.8 Å². The zero-order valence-electron chi connectivity index (χ0n) is 16.3. The highest BCUT2D eigenvalue weighted by atomic mass is 32.2. The number of rotatable bonds is 6. The smallest absolute Gasteiger partial charge is 0.323 e. The normalized spacial score (nSPS) is 11.3. The number of amides is 1. The lowest BCUT2D eigenvalue weighted by Crippen LogP contribution is -2.18. The molecule has 0 saturated heterocycles. The molecule has 158 valence electrons. The Bertz CT molecular complexity index is 1420. The number of sulfonamides is 1. The third-order valence-electron chi connectivity index (χ3n) is 4.56. The molecule has 0 aliphatic carbocycles. The number of imidazole rings is 1. The van der Waals surface area contributed by atoms with Crippen molar-refractivity contribution in [2.24, 2.45) is 0 Å². The van der Waals surface area contributed by atoms with Gasteiger partial charge in [-0.2, -0.15) is 0 Å². The number of H-pyrrole nitrogens is 2. The monoisotopic (exact) mass is 438 g/mol. The van der Waals surface area contributed by atoms with Gasteiger partial charge in [0.25, 0.3) is 15.9 Å². The molecule has 4 N–H and O–H groups in total. The summed E-state index contributed by atoms with van der Waals surface area (Å²) in [6.45, 7) is 0. The number of carbonyl (C=O) groups is 1. The Morgan fingerprint density at radius 2 is 1.65 bits per heavy atom. The van der Waals surface area contributed by atoms with Crippen molar-refractivity contribution in [3.8, 4) is 5.75 Å². The lowest BCUT2D eigenvalue weighted by molar-refractivity contribution is 0.102. The van der Waals surface area contributed by atoms with Gasteiger partial charge in [0.2, 0.25) is 0 Å². The number of hydrogen-bond acceptors (Lipinski definition) is 5. The summed E-state index contributed by atoms with van der Waals surface area (Å²) in [5.74, 6) is 0.167. The first-order valence-electron chi connectivity index (χ1n) is 9.15. The maximum absolute atomic E-state index is 12.9. The summed E-state index contributed by atoms with van der Waals surface area (Å²) in [6.07, 6.45) is 0. The number of aromatic amines is 2. The van der Waals surface area contributed by atoms with E-state index in [-0.39, 0.29) is 16.1 Å². The average Bonchev–Trinajstić information content (AvgIpc) is 3.13. The Balaban J connectivity index is 1.60. The predicted octanol–water partition coefficient (Wildman–Crippen LogP) is 2.92. The highest BCUT2D eigenvalue weighted by molar-refractivity contribution is 7.92. The number of aromatic nitrogens is 2. The molecule has 31 heavy (non-hydrogen) atoms. The van der Waals surface area contributed by atoms with E-state index in [0.29, 0.717) is 22.5 Å². The third-order valence-corrected chi connectivity index (χ3v) is 5.92. The van der Waals surface area contributed by atoms with Gasteiger partial charge in [0.15, 0.2) is 0 Å². The van der Waals surface area contributed by atoms with Gasteiger partial charge in [0, 0.05) is 5.69 Å². The Morgan fingerprint density at radius 1 is 0.935 bits per heavy atom. The van der Waals surface area contributed by atoms with Gasteiger partial charge in [-0.15, -0.1) is 0 Å². The zero-order chi connectivity index (χ0) is 22.0. The highest BCUT2D eigenvalue weighted by Gasteiger charge is 2.19. The van der Waals surface area contributed by atoms with E-state index in [4.69, 9.17) is 4.74 Å². The summed E-state index contributed by atoms with van der Waals surface area (Å²) in [6, 6.07) is 17.2. The molecule has 0 bridgehead atoms. The van der Waals surface area contributed by atoms with Crippen molar-refractivity contribution in [2.75, 3.05) is 17.1 Å². The molecule has 0 fully saturated rings. The minimum Gasteiger partial charge on any atom is -0.497 e.